The SMILES string of the molecule is Nc1ncc(Cc2cccc3ccccc23)s1. The zero-order chi connectivity index (χ0) is 11.7. The number of anilines is 1. The van der Waals surface area contributed by atoms with Crippen LogP contribution in [0.2, 0.25) is 0 Å². The minimum absolute atomic E-state index is 0.639. The number of hydrogen-bond donors (Lipinski definition) is 1. The number of benzene rings is 2. The van der Waals surface area contributed by atoms with Crippen molar-refractivity contribution in [2.75, 3.05) is 5.73 Å². The topological polar surface area (TPSA) is 38.9 Å². The molecule has 0 fully saturated rings. The van der Waals surface area contributed by atoms with Crippen molar-refractivity contribution in [1.82, 2.24) is 4.98 Å². The van der Waals surface area contributed by atoms with Crippen LogP contribution in [-0.2, 0) is 6.42 Å². The highest BCUT2D eigenvalue weighted by atomic mass is 32.1. The van der Waals surface area contributed by atoms with Gasteiger partial charge in [0, 0.05) is 17.5 Å². The normalized spacial score (nSPS) is 10.8. The van der Waals surface area contributed by atoms with Gasteiger partial charge in [0.25, 0.3) is 0 Å². The number of hydrogen-bond acceptors (Lipinski definition) is 3. The van der Waals surface area contributed by atoms with Crippen LogP contribution in [0.4, 0.5) is 5.13 Å². The maximum Gasteiger partial charge on any atom is 0.180 e. The van der Waals surface area contributed by atoms with E-state index in [0.717, 1.165) is 6.42 Å². The Bertz CT molecular complexity index is 653. The van der Waals surface area contributed by atoms with Crippen molar-refractivity contribution in [3.63, 3.8) is 0 Å². The van der Waals surface area contributed by atoms with E-state index < -0.39 is 0 Å². The summed E-state index contributed by atoms with van der Waals surface area (Å²) >= 11 is 1.56. The summed E-state index contributed by atoms with van der Waals surface area (Å²) in [5.41, 5.74) is 6.98. The van der Waals surface area contributed by atoms with Crippen molar-refractivity contribution in [2.24, 2.45) is 0 Å². The van der Waals surface area contributed by atoms with Crippen LogP contribution in [0.1, 0.15) is 10.4 Å². The van der Waals surface area contributed by atoms with Gasteiger partial charge in [-0.05, 0) is 16.3 Å². The van der Waals surface area contributed by atoms with Crippen molar-refractivity contribution in [2.45, 2.75) is 6.42 Å². The predicted octanol–water partition coefficient (Wildman–Crippen LogP) is 3.47. The molecule has 2 N–H and O–H groups in total. The maximum atomic E-state index is 5.65. The lowest BCUT2D eigenvalue weighted by Gasteiger charge is -2.04. The van der Waals surface area contributed by atoms with Gasteiger partial charge in [0.1, 0.15) is 0 Å². The Morgan fingerprint density at radius 2 is 1.88 bits per heavy atom. The van der Waals surface area contributed by atoms with Gasteiger partial charge >= 0.3 is 0 Å². The van der Waals surface area contributed by atoms with Gasteiger partial charge in [0.15, 0.2) is 5.13 Å². The number of nitrogens with zero attached hydrogens (tertiary/aromatic N) is 1. The summed E-state index contributed by atoms with van der Waals surface area (Å²) in [6.45, 7) is 0. The molecule has 0 aliphatic carbocycles. The molecule has 0 spiro atoms. The third kappa shape index (κ3) is 2.01. The van der Waals surface area contributed by atoms with Crippen molar-refractivity contribution in [3.05, 3.63) is 59.1 Å². The van der Waals surface area contributed by atoms with Crippen LogP contribution in [0, 0.1) is 0 Å². The minimum Gasteiger partial charge on any atom is -0.375 e. The van der Waals surface area contributed by atoms with Crippen LogP contribution in [0.3, 0.4) is 0 Å². The Morgan fingerprint density at radius 3 is 2.71 bits per heavy atom. The quantitative estimate of drug-likeness (QED) is 0.745. The summed E-state index contributed by atoms with van der Waals surface area (Å²) in [6, 6.07) is 14.8. The third-order valence-corrected chi connectivity index (χ3v) is 3.64. The number of nitrogen functional groups attached to an aromatic ring is 1. The summed E-state index contributed by atoms with van der Waals surface area (Å²) in [4.78, 5) is 5.30. The minimum atomic E-state index is 0.639. The lowest BCUT2D eigenvalue weighted by molar-refractivity contribution is 1.24. The molecule has 0 aliphatic heterocycles. The average molecular weight is 240 g/mol. The summed E-state index contributed by atoms with van der Waals surface area (Å²) < 4.78 is 0. The van der Waals surface area contributed by atoms with E-state index >= 15 is 0 Å². The molecule has 3 aromatic rings. The molecule has 0 atom stereocenters. The fourth-order valence-corrected chi connectivity index (χ4v) is 2.75. The summed E-state index contributed by atoms with van der Waals surface area (Å²) in [6.07, 6.45) is 2.76. The summed E-state index contributed by atoms with van der Waals surface area (Å²) in [5, 5.41) is 3.23. The molecule has 0 saturated heterocycles. The van der Waals surface area contributed by atoms with E-state index in [1.165, 1.54) is 21.2 Å². The first-order valence-electron chi connectivity index (χ1n) is 5.50. The fraction of sp³-hybridized carbons (Fsp3) is 0.0714. The molecule has 84 valence electrons. The van der Waals surface area contributed by atoms with Gasteiger partial charge < -0.3 is 5.73 Å². The van der Waals surface area contributed by atoms with Crippen molar-refractivity contribution >= 4 is 27.2 Å². The molecule has 0 aliphatic rings. The first kappa shape index (κ1) is 10.3. The van der Waals surface area contributed by atoms with E-state index in [-0.39, 0.29) is 0 Å². The van der Waals surface area contributed by atoms with Crippen LogP contribution in [0.25, 0.3) is 10.8 Å². The van der Waals surface area contributed by atoms with Crippen LogP contribution in [0.15, 0.2) is 48.7 Å². The van der Waals surface area contributed by atoms with Crippen LogP contribution in [-0.4, -0.2) is 4.98 Å². The Balaban J connectivity index is 2.05. The van der Waals surface area contributed by atoms with Gasteiger partial charge in [0.05, 0.1) is 0 Å². The van der Waals surface area contributed by atoms with E-state index in [1.807, 2.05) is 6.20 Å². The Hall–Kier alpha value is -1.87. The number of nitrogens with two attached hydrogens (primary N) is 1. The molecular weight excluding hydrogens is 228 g/mol. The third-order valence-electron chi connectivity index (χ3n) is 2.82. The molecule has 3 rings (SSSR count). The molecule has 0 unspecified atom stereocenters. The predicted molar refractivity (Wildman–Crippen MR) is 73.3 cm³/mol. The molecule has 17 heavy (non-hydrogen) atoms. The lowest BCUT2D eigenvalue weighted by Crippen LogP contribution is -1.86. The van der Waals surface area contributed by atoms with Gasteiger partial charge in [-0.3, -0.25) is 0 Å². The van der Waals surface area contributed by atoms with Gasteiger partial charge in [0.2, 0.25) is 0 Å². The molecule has 0 saturated carbocycles. The fourth-order valence-electron chi connectivity index (χ4n) is 2.04. The van der Waals surface area contributed by atoms with Crippen molar-refractivity contribution in [3.8, 4) is 0 Å². The number of aromatic nitrogens is 1. The molecule has 0 amide bonds. The van der Waals surface area contributed by atoms with Crippen LogP contribution in [0.5, 0.6) is 0 Å². The number of rotatable bonds is 2. The molecule has 0 radical (unpaired) electrons. The van der Waals surface area contributed by atoms with Crippen molar-refractivity contribution < 1.29 is 0 Å². The van der Waals surface area contributed by atoms with Gasteiger partial charge in [-0.2, -0.15) is 0 Å². The molecule has 0 bridgehead atoms. The second-order valence-corrected chi connectivity index (χ2v) is 5.13. The van der Waals surface area contributed by atoms with Gasteiger partial charge in [-0.25, -0.2) is 4.98 Å². The highest BCUT2D eigenvalue weighted by molar-refractivity contribution is 7.15. The first-order valence-corrected chi connectivity index (χ1v) is 6.31. The Labute approximate surface area is 104 Å². The van der Waals surface area contributed by atoms with Crippen molar-refractivity contribution in [1.29, 1.82) is 0 Å². The molecule has 2 nitrogen and oxygen atoms in total. The van der Waals surface area contributed by atoms with E-state index in [2.05, 4.69) is 47.4 Å². The number of fused-ring (bicyclic) bond motifs is 1. The summed E-state index contributed by atoms with van der Waals surface area (Å²) in [7, 11) is 0. The van der Waals surface area contributed by atoms with Crippen LogP contribution < -0.4 is 5.73 Å². The molecule has 2 aromatic carbocycles. The standard InChI is InChI=1S/C14H12N2S/c15-14-16-9-12(17-14)8-11-6-3-5-10-4-1-2-7-13(10)11/h1-7,9H,8H2,(H2,15,16). The second-order valence-electron chi connectivity index (χ2n) is 3.98. The van der Waals surface area contributed by atoms with Gasteiger partial charge in [-0.1, -0.05) is 42.5 Å². The maximum absolute atomic E-state index is 5.65. The lowest BCUT2D eigenvalue weighted by atomic mass is 10.0. The zero-order valence-corrected chi connectivity index (χ0v) is 10.1. The Kier molecular flexibility index (Phi) is 2.53. The molecule has 1 heterocycles. The van der Waals surface area contributed by atoms with E-state index in [1.54, 1.807) is 11.3 Å². The highest BCUT2D eigenvalue weighted by Crippen LogP contribution is 2.24. The second kappa shape index (κ2) is 4.18. The molecule has 1 aromatic heterocycles. The smallest absolute Gasteiger partial charge is 0.180 e. The van der Waals surface area contributed by atoms with E-state index in [4.69, 9.17) is 5.73 Å². The molecular formula is C14H12N2S. The highest BCUT2D eigenvalue weighted by Gasteiger charge is 2.04. The summed E-state index contributed by atoms with van der Waals surface area (Å²) in [5.74, 6) is 0. The average Bonchev–Trinajstić information content (AvgIpc) is 2.75. The molecule has 3 heteroatoms. The monoisotopic (exact) mass is 240 g/mol. The largest absolute Gasteiger partial charge is 0.375 e. The zero-order valence-electron chi connectivity index (χ0n) is 9.26. The van der Waals surface area contributed by atoms with E-state index in [9.17, 15) is 0 Å². The number of thiazole rings is 1. The van der Waals surface area contributed by atoms with Gasteiger partial charge in [-0.15, -0.1) is 11.3 Å². The van der Waals surface area contributed by atoms with E-state index in [0.29, 0.717) is 5.13 Å². The Morgan fingerprint density at radius 1 is 1.06 bits per heavy atom. The first-order chi connectivity index (χ1) is 8.33. The van der Waals surface area contributed by atoms with Crippen LogP contribution >= 0.6 is 11.3 Å².